The number of rotatable bonds is 4. The first-order chi connectivity index (χ1) is 13.2. The molecule has 2 heterocycles. The number of carbonyl (C=O) groups excluding carboxylic acids is 1. The van der Waals surface area contributed by atoms with Crippen molar-refractivity contribution >= 4 is 51.4 Å². The zero-order valence-electron chi connectivity index (χ0n) is 14.3. The van der Waals surface area contributed by atoms with Gasteiger partial charge in [-0.1, -0.05) is 35.9 Å². The smallest absolute Gasteiger partial charge is 0.345 e. The lowest BCUT2D eigenvalue weighted by Crippen LogP contribution is -2.26. The van der Waals surface area contributed by atoms with Crippen LogP contribution in [0.5, 0.6) is 0 Å². The summed E-state index contributed by atoms with van der Waals surface area (Å²) >= 11 is 9.54. The van der Waals surface area contributed by atoms with Gasteiger partial charge in [-0.25, -0.2) is 0 Å². The zero-order valence-corrected chi connectivity index (χ0v) is 18.1. The molecule has 9 heteroatoms. The van der Waals surface area contributed by atoms with Gasteiger partial charge < -0.3 is 5.32 Å². The number of carbonyl (C=O) groups is 1. The van der Waals surface area contributed by atoms with E-state index in [9.17, 15) is 18.0 Å². The van der Waals surface area contributed by atoms with Crippen molar-refractivity contribution in [3.05, 3.63) is 72.6 Å². The first kappa shape index (κ1) is 21.1. The summed E-state index contributed by atoms with van der Waals surface area (Å²) in [5.74, 6) is -0.215. The normalized spacial score (nSPS) is 12.6. The quantitative estimate of drug-likeness (QED) is 0.383. The summed E-state index contributed by atoms with van der Waals surface area (Å²) in [5, 5.41) is 4.65. The van der Waals surface area contributed by atoms with Gasteiger partial charge in [-0.15, -0.1) is 11.3 Å². The largest absolute Gasteiger partial charge is 0.417 e. The van der Waals surface area contributed by atoms with Crippen LogP contribution in [0, 0.1) is 3.57 Å². The minimum atomic E-state index is -4.52. The average molecular weight is 537 g/mol. The molecule has 0 saturated carbocycles. The van der Waals surface area contributed by atoms with Crippen LogP contribution in [0.15, 0.2) is 48.0 Å². The molecule has 1 N–H and O–H groups in total. The van der Waals surface area contributed by atoms with Crippen molar-refractivity contribution < 1.29 is 18.0 Å². The Morgan fingerprint density at radius 3 is 2.61 bits per heavy atom. The molecule has 2 aromatic heterocycles. The van der Waals surface area contributed by atoms with E-state index in [-0.39, 0.29) is 16.6 Å². The van der Waals surface area contributed by atoms with Gasteiger partial charge in [0, 0.05) is 15.3 Å². The molecule has 1 unspecified atom stereocenters. The molecular formula is C19H13ClF3IN2OS. The third kappa shape index (κ3) is 4.49. The van der Waals surface area contributed by atoms with Crippen molar-refractivity contribution in [3.63, 3.8) is 0 Å². The summed E-state index contributed by atoms with van der Waals surface area (Å²) < 4.78 is 39.5. The highest BCUT2D eigenvalue weighted by atomic mass is 127. The number of hydrogen-bond acceptors (Lipinski definition) is 3. The maximum Gasteiger partial charge on any atom is 0.417 e. The number of nitrogens with one attached hydrogen (secondary N) is 1. The Bertz CT molecular complexity index is 1020. The summed E-state index contributed by atoms with van der Waals surface area (Å²) in [4.78, 5) is 17.1. The summed E-state index contributed by atoms with van der Waals surface area (Å²) in [6, 6.07) is 9.34. The van der Waals surface area contributed by atoms with Crippen molar-refractivity contribution in [2.75, 3.05) is 0 Å². The summed E-state index contributed by atoms with van der Waals surface area (Å²) in [6.45, 7) is 1.80. The van der Waals surface area contributed by atoms with Crippen LogP contribution >= 0.6 is 45.5 Å². The first-order valence-corrected chi connectivity index (χ1v) is 10.4. The van der Waals surface area contributed by atoms with Crippen molar-refractivity contribution in [1.82, 2.24) is 10.3 Å². The topological polar surface area (TPSA) is 42.0 Å². The van der Waals surface area contributed by atoms with Gasteiger partial charge in [-0.2, -0.15) is 13.2 Å². The number of hydrogen-bond donors (Lipinski definition) is 1. The molecule has 3 nitrogen and oxygen atoms in total. The Balaban J connectivity index is 1.93. The van der Waals surface area contributed by atoms with E-state index in [1.165, 1.54) is 11.3 Å². The molecule has 0 spiro atoms. The molecule has 0 aliphatic rings. The van der Waals surface area contributed by atoms with E-state index < -0.39 is 17.8 Å². The lowest BCUT2D eigenvalue weighted by atomic mass is 9.98. The predicted molar refractivity (Wildman–Crippen MR) is 113 cm³/mol. The SMILES string of the molecule is CC(NC(=O)c1sccc1I)c1ccccc1-c1ncc(C(F)(F)F)cc1Cl. The summed E-state index contributed by atoms with van der Waals surface area (Å²) in [6.07, 6.45) is -3.76. The number of halogens is 5. The predicted octanol–water partition coefficient (Wildman–Crippen LogP) is 6.58. The van der Waals surface area contributed by atoms with Crippen molar-refractivity contribution in [3.8, 4) is 11.3 Å². The highest BCUT2D eigenvalue weighted by molar-refractivity contribution is 14.1. The highest BCUT2D eigenvalue weighted by Crippen LogP contribution is 2.36. The monoisotopic (exact) mass is 536 g/mol. The lowest BCUT2D eigenvalue weighted by Gasteiger charge is -2.18. The minimum absolute atomic E-state index is 0.103. The second-order valence-corrected chi connectivity index (χ2v) is 8.42. The molecular weight excluding hydrogens is 524 g/mol. The van der Waals surface area contributed by atoms with Crippen LogP contribution in [-0.2, 0) is 6.18 Å². The third-order valence-electron chi connectivity index (χ3n) is 4.02. The van der Waals surface area contributed by atoms with Gasteiger partial charge in [-0.05, 0) is 52.6 Å². The van der Waals surface area contributed by atoms with E-state index in [4.69, 9.17) is 11.6 Å². The molecule has 28 heavy (non-hydrogen) atoms. The standard InChI is InChI=1S/C19H13ClF3IN2OS/c1-10(26-18(27)17-15(24)6-7-28-17)12-4-2-3-5-13(12)16-14(20)8-11(9-25-16)19(21,22)23/h2-10H,1H3,(H,26,27). The zero-order chi connectivity index (χ0) is 20.5. The molecule has 146 valence electrons. The Morgan fingerprint density at radius 2 is 2.00 bits per heavy atom. The van der Waals surface area contributed by atoms with Crippen LogP contribution in [-0.4, -0.2) is 10.9 Å². The lowest BCUT2D eigenvalue weighted by molar-refractivity contribution is -0.137. The van der Waals surface area contributed by atoms with Crippen molar-refractivity contribution in [2.45, 2.75) is 19.1 Å². The highest BCUT2D eigenvalue weighted by Gasteiger charge is 2.32. The molecule has 0 fully saturated rings. The van der Waals surface area contributed by atoms with Crippen LogP contribution in [0.3, 0.4) is 0 Å². The molecule has 1 atom stereocenters. The van der Waals surface area contributed by atoms with Crippen LogP contribution in [0.4, 0.5) is 13.2 Å². The van der Waals surface area contributed by atoms with Crippen LogP contribution in [0.1, 0.15) is 33.8 Å². The first-order valence-electron chi connectivity index (χ1n) is 8.04. The van der Waals surface area contributed by atoms with Gasteiger partial charge in [0.1, 0.15) is 4.88 Å². The fourth-order valence-corrected chi connectivity index (χ4v) is 4.68. The molecule has 0 saturated heterocycles. The fraction of sp³-hybridized carbons (Fsp3) is 0.158. The second kappa shape index (κ2) is 8.38. The van der Waals surface area contributed by atoms with E-state index in [1.807, 2.05) is 11.4 Å². The van der Waals surface area contributed by atoms with E-state index in [2.05, 4.69) is 32.9 Å². The Hall–Kier alpha value is -1.65. The van der Waals surface area contributed by atoms with E-state index in [0.717, 1.165) is 15.8 Å². The number of amides is 1. The second-order valence-electron chi connectivity index (χ2n) is 5.93. The number of benzene rings is 1. The van der Waals surface area contributed by atoms with E-state index >= 15 is 0 Å². The molecule has 1 amide bonds. The molecule has 1 aromatic carbocycles. The van der Waals surface area contributed by atoms with E-state index in [0.29, 0.717) is 16.0 Å². The number of thiophene rings is 1. The number of nitrogens with zero attached hydrogens (tertiary/aromatic N) is 1. The van der Waals surface area contributed by atoms with Crippen LogP contribution < -0.4 is 5.32 Å². The summed E-state index contributed by atoms with van der Waals surface area (Å²) in [5.41, 5.74) is 0.593. The maximum atomic E-state index is 12.9. The van der Waals surface area contributed by atoms with Crippen LogP contribution in [0.25, 0.3) is 11.3 Å². The van der Waals surface area contributed by atoms with E-state index in [1.54, 1.807) is 31.2 Å². The van der Waals surface area contributed by atoms with Gasteiger partial charge in [0.25, 0.3) is 5.91 Å². The Kier molecular flexibility index (Phi) is 6.31. The third-order valence-corrected chi connectivity index (χ3v) is 6.49. The van der Waals surface area contributed by atoms with Crippen molar-refractivity contribution in [2.24, 2.45) is 0 Å². The van der Waals surface area contributed by atoms with Gasteiger partial charge in [0.15, 0.2) is 0 Å². The molecule has 0 aliphatic heterocycles. The molecule has 3 aromatic rings. The molecule has 3 rings (SSSR count). The molecule has 0 aliphatic carbocycles. The van der Waals surface area contributed by atoms with Gasteiger partial charge in [-0.3, -0.25) is 9.78 Å². The number of pyridine rings is 1. The van der Waals surface area contributed by atoms with Gasteiger partial charge in [0.2, 0.25) is 0 Å². The number of alkyl halides is 3. The number of aromatic nitrogens is 1. The fourth-order valence-electron chi connectivity index (χ4n) is 2.68. The van der Waals surface area contributed by atoms with Gasteiger partial charge in [0.05, 0.1) is 22.3 Å². The Morgan fingerprint density at radius 1 is 1.29 bits per heavy atom. The molecule has 0 radical (unpaired) electrons. The van der Waals surface area contributed by atoms with Crippen molar-refractivity contribution in [1.29, 1.82) is 0 Å². The average Bonchev–Trinajstić information content (AvgIpc) is 3.07. The molecule has 0 bridgehead atoms. The summed E-state index contributed by atoms with van der Waals surface area (Å²) in [7, 11) is 0. The van der Waals surface area contributed by atoms with Gasteiger partial charge >= 0.3 is 6.18 Å². The maximum absolute atomic E-state index is 12.9. The van der Waals surface area contributed by atoms with Crippen LogP contribution in [0.2, 0.25) is 5.02 Å². The minimum Gasteiger partial charge on any atom is -0.345 e. The Labute approximate surface area is 182 Å².